The third-order valence-electron chi connectivity index (χ3n) is 0.514. The average Bonchev–Trinajstić information content (AvgIpc) is 1.85. The fraction of sp³-hybridized carbons (Fsp3) is 0.667. The number of carboxylic acid groups (broad SMARTS) is 1. The summed E-state index contributed by atoms with van der Waals surface area (Å²) in [4.78, 5) is 9.76. The van der Waals surface area contributed by atoms with Crippen molar-refractivity contribution in [1.29, 1.82) is 0 Å². The Labute approximate surface area is 112 Å². The van der Waals surface area contributed by atoms with Gasteiger partial charge in [-0.3, -0.25) is 13.9 Å². The van der Waals surface area contributed by atoms with Crippen LogP contribution in [0.15, 0.2) is 0 Å². The zero-order valence-electron chi connectivity index (χ0n) is 5.78. The van der Waals surface area contributed by atoms with Crippen LogP contribution in [0.4, 0.5) is 0 Å². The fourth-order valence-electron chi connectivity index (χ4n) is 0.0781. The minimum absolute atomic E-state index is 0. The second kappa shape index (κ2) is 15.6. The molecule has 10 heteroatoms. The van der Waals surface area contributed by atoms with Gasteiger partial charge >= 0.3 is 35.5 Å². The molecule has 6 nitrogen and oxygen atoms in total. The SMILES string of the molecule is Cl.NC(CS)C(=O)O.O=S(O)O.[NaH]. The molecule has 0 rings (SSSR count). The molecule has 1 atom stereocenters. The molecule has 78 valence electrons. The van der Waals surface area contributed by atoms with Gasteiger partial charge in [0.2, 0.25) is 0 Å². The van der Waals surface area contributed by atoms with E-state index in [1.807, 2.05) is 0 Å². The van der Waals surface area contributed by atoms with Gasteiger partial charge in [-0.05, 0) is 0 Å². The summed E-state index contributed by atoms with van der Waals surface area (Å²) in [6, 6.07) is -0.816. The molecule has 0 radical (unpaired) electrons. The number of rotatable bonds is 2. The number of halogens is 1. The van der Waals surface area contributed by atoms with Crippen LogP contribution in [-0.4, -0.2) is 65.7 Å². The van der Waals surface area contributed by atoms with Gasteiger partial charge in [0.15, 0.2) is 0 Å². The predicted octanol–water partition coefficient (Wildman–Crippen LogP) is -1.22. The van der Waals surface area contributed by atoms with Crippen molar-refractivity contribution in [2.45, 2.75) is 6.04 Å². The molecule has 0 aromatic rings. The van der Waals surface area contributed by atoms with Gasteiger partial charge in [0.05, 0.1) is 0 Å². The summed E-state index contributed by atoms with van der Waals surface area (Å²) < 4.78 is 22.8. The van der Waals surface area contributed by atoms with Gasteiger partial charge in [-0.25, -0.2) is 0 Å². The average molecular weight is 264 g/mol. The van der Waals surface area contributed by atoms with E-state index in [4.69, 9.17) is 24.2 Å². The molecule has 0 amide bonds. The van der Waals surface area contributed by atoms with E-state index in [1.54, 1.807) is 0 Å². The molecule has 13 heavy (non-hydrogen) atoms. The molecule has 0 aliphatic carbocycles. The summed E-state index contributed by atoms with van der Waals surface area (Å²) in [6.07, 6.45) is 0. The Hall–Kier alpha value is 1.14. The molecule has 5 N–H and O–H groups in total. The van der Waals surface area contributed by atoms with Gasteiger partial charge < -0.3 is 10.8 Å². The fourth-order valence-corrected chi connectivity index (χ4v) is 0.234. The number of hydrogen-bond donors (Lipinski definition) is 5. The molecule has 0 aromatic carbocycles. The Morgan fingerprint density at radius 1 is 1.54 bits per heavy atom. The molecular formula is C3H11ClNNaO5S2. The number of aliphatic carboxylic acids is 1. The molecule has 0 heterocycles. The number of carbonyl (C=O) groups is 1. The second-order valence-electron chi connectivity index (χ2n) is 1.36. The van der Waals surface area contributed by atoms with Crippen molar-refractivity contribution in [2.24, 2.45) is 5.73 Å². The third kappa shape index (κ3) is 32.0. The molecule has 0 bridgehead atoms. The van der Waals surface area contributed by atoms with E-state index in [9.17, 15) is 4.79 Å². The molecule has 0 aliphatic rings. The normalized spacial score (nSPS) is 9.92. The summed E-state index contributed by atoms with van der Waals surface area (Å²) >= 11 is 1.04. The van der Waals surface area contributed by atoms with Crippen LogP contribution < -0.4 is 5.73 Å². The number of nitrogens with two attached hydrogens (primary N) is 1. The predicted molar refractivity (Wildman–Crippen MR) is 57.3 cm³/mol. The van der Waals surface area contributed by atoms with Gasteiger partial charge in [0.25, 0.3) is 11.4 Å². The Kier molecular flexibility index (Phi) is 28.5. The van der Waals surface area contributed by atoms with Crippen molar-refractivity contribution >= 4 is 71.9 Å². The van der Waals surface area contributed by atoms with Crippen LogP contribution >= 0.6 is 25.0 Å². The summed E-state index contributed by atoms with van der Waals surface area (Å²) in [5, 5.41) is 8.01. The Balaban J connectivity index is -0.0000000600. The van der Waals surface area contributed by atoms with Crippen LogP contribution in [-0.2, 0) is 16.2 Å². The van der Waals surface area contributed by atoms with Crippen LogP contribution in [0.2, 0.25) is 0 Å². The monoisotopic (exact) mass is 263 g/mol. The maximum atomic E-state index is 9.76. The van der Waals surface area contributed by atoms with Crippen molar-refractivity contribution in [2.75, 3.05) is 5.75 Å². The van der Waals surface area contributed by atoms with Crippen molar-refractivity contribution in [3.63, 3.8) is 0 Å². The molecular weight excluding hydrogens is 253 g/mol. The van der Waals surface area contributed by atoms with Crippen LogP contribution in [0, 0.1) is 0 Å². The Morgan fingerprint density at radius 2 is 1.77 bits per heavy atom. The van der Waals surface area contributed by atoms with E-state index in [0.717, 1.165) is 0 Å². The van der Waals surface area contributed by atoms with Gasteiger partial charge in [0, 0.05) is 5.75 Å². The first-order valence-electron chi connectivity index (χ1n) is 2.31. The summed E-state index contributed by atoms with van der Waals surface area (Å²) in [5.41, 5.74) is 4.94. The quantitative estimate of drug-likeness (QED) is 0.242. The van der Waals surface area contributed by atoms with Crippen molar-refractivity contribution < 1.29 is 23.2 Å². The number of thiol groups is 1. The van der Waals surface area contributed by atoms with Crippen molar-refractivity contribution in [3.8, 4) is 0 Å². The van der Waals surface area contributed by atoms with E-state index in [0.29, 0.717) is 0 Å². The van der Waals surface area contributed by atoms with Crippen LogP contribution in [0.1, 0.15) is 0 Å². The van der Waals surface area contributed by atoms with Gasteiger partial charge in [-0.1, -0.05) is 0 Å². The standard InChI is InChI=1S/C3H7NO2S.ClH.Na.H2O3S.H/c4-2(1-7)3(5)6;;;1-4(2)3;/h2,7H,1,4H2,(H,5,6);1H;;(H2,1,2,3);. The Morgan fingerprint density at radius 3 is 1.77 bits per heavy atom. The van der Waals surface area contributed by atoms with Crippen molar-refractivity contribution in [3.05, 3.63) is 0 Å². The van der Waals surface area contributed by atoms with Gasteiger partial charge in [-0.15, -0.1) is 12.4 Å². The number of hydrogen-bond acceptors (Lipinski definition) is 4. The van der Waals surface area contributed by atoms with E-state index >= 15 is 0 Å². The molecule has 0 aliphatic heterocycles. The van der Waals surface area contributed by atoms with E-state index in [-0.39, 0.29) is 47.7 Å². The molecule has 1 unspecified atom stereocenters. The first-order valence-corrected chi connectivity index (χ1v) is 4.00. The first kappa shape index (κ1) is 23.7. The maximum absolute atomic E-state index is 9.76. The molecule has 0 saturated heterocycles. The topological polar surface area (TPSA) is 121 Å². The first-order chi connectivity index (χ1) is 4.91. The van der Waals surface area contributed by atoms with Crippen LogP contribution in [0.25, 0.3) is 0 Å². The van der Waals surface area contributed by atoms with Crippen LogP contribution in [0.3, 0.4) is 0 Å². The zero-order valence-corrected chi connectivity index (χ0v) is 8.31. The van der Waals surface area contributed by atoms with Crippen LogP contribution in [0.5, 0.6) is 0 Å². The summed E-state index contributed by atoms with van der Waals surface area (Å²) in [5.74, 6) is -0.815. The van der Waals surface area contributed by atoms with Gasteiger partial charge in [-0.2, -0.15) is 16.8 Å². The van der Waals surface area contributed by atoms with E-state index in [2.05, 4.69) is 12.6 Å². The summed E-state index contributed by atoms with van der Waals surface area (Å²) in [7, 11) is 0. The van der Waals surface area contributed by atoms with Crippen molar-refractivity contribution in [1.82, 2.24) is 0 Å². The van der Waals surface area contributed by atoms with E-state index < -0.39 is 23.4 Å². The molecule has 0 saturated carbocycles. The third-order valence-corrected chi connectivity index (χ3v) is 0.907. The van der Waals surface area contributed by atoms with Gasteiger partial charge in [0.1, 0.15) is 6.04 Å². The second-order valence-corrected chi connectivity index (χ2v) is 2.18. The van der Waals surface area contributed by atoms with E-state index in [1.165, 1.54) is 0 Å². The Bertz CT molecular complexity index is 146. The minimum atomic E-state index is -2.61. The molecule has 0 spiro atoms. The zero-order chi connectivity index (χ0) is 9.44. The molecule has 0 aromatic heterocycles. The molecule has 0 fully saturated rings. The summed E-state index contributed by atoms with van der Waals surface area (Å²) in [6.45, 7) is 0. The number of carboxylic acids is 1.